The molecule has 0 atom stereocenters. The summed E-state index contributed by atoms with van der Waals surface area (Å²) in [6.07, 6.45) is 0. The van der Waals surface area contributed by atoms with Gasteiger partial charge in [-0.1, -0.05) is 194 Å². The van der Waals surface area contributed by atoms with Crippen molar-refractivity contribution in [2.75, 3.05) is 4.90 Å². The summed E-state index contributed by atoms with van der Waals surface area (Å²) in [4.78, 5) is 2.42. The lowest BCUT2D eigenvalue weighted by molar-refractivity contribution is 0.767. The molecule has 11 aromatic carbocycles. The summed E-state index contributed by atoms with van der Waals surface area (Å²) >= 11 is 0. The number of rotatable bonds is 8. The molecule has 2 nitrogen and oxygen atoms in total. The lowest BCUT2D eigenvalue weighted by atomic mass is 9.67. The Kier molecular flexibility index (Phi) is 8.47. The number of benzene rings is 11. The Morgan fingerprint density at radius 3 is 1.22 bits per heavy atom. The highest BCUT2D eigenvalue weighted by Crippen LogP contribution is 2.58. The molecule has 1 aliphatic carbocycles. The lowest BCUT2D eigenvalue weighted by Gasteiger charge is -2.35. The van der Waals surface area contributed by atoms with Crippen LogP contribution < -0.4 is 4.90 Å². The molecule has 0 aliphatic heterocycles. The number of anilines is 3. The van der Waals surface area contributed by atoms with Gasteiger partial charge in [0, 0.05) is 33.5 Å². The van der Waals surface area contributed by atoms with Crippen molar-refractivity contribution >= 4 is 49.6 Å². The SMILES string of the molecule is c1ccc(-c2ccc(N(c3ccc(-c4ccccc4)cc3)c3ccc4c(c3)C(c3ccccc3)(c3ccccc3)c3cc(-n5c6cccc7ccc8cccc5c8c76)ccc3-4)cc2)cc1. The minimum absolute atomic E-state index is 0.621. The quantitative estimate of drug-likeness (QED) is 0.139. The molecule has 0 radical (unpaired) electrons. The molecule has 65 heavy (non-hydrogen) atoms. The van der Waals surface area contributed by atoms with Gasteiger partial charge in [-0.05, 0) is 127 Å². The van der Waals surface area contributed by atoms with E-state index in [1.165, 1.54) is 88.2 Å². The normalized spacial score (nSPS) is 12.7. The highest BCUT2D eigenvalue weighted by atomic mass is 15.1. The molecule has 0 fully saturated rings. The largest absolute Gasteiger partial charge is 0.310 e. The van der Waals surface area contributed by atoms with Crippen LogP contribution in [-0.4, -0.2) is 4.57 Å². The number of fused-ring (bicyclic) bond motifs is 3. The van der Waals surface area contributed by atoms with Crippen molar-refractivity contribution in [2.24, 2.45) is 0 Å². The molecule has 304 valence electrons. The number of aromatic nitrogens is 1. The zero-order chi connectivity index (χ0) is 42.9. The van der Waals surface area contributed by atoms with Gasteiger partial charge in [-0.25, -0.2) is 0 Å². The van der Waals surface area contributed by atoms with Crippen molar-refractivity contribution in [2.45, 2.75) is 5.41 Å². The van der Waals surface area contributed by atoms with Gasteiger partial charge in [0.1, 0.15) is 0 Å². The Hall–Kier alpha value is -8.46. The van der Waals surface area contributed by atoms with Crippen LogP contribution in [0.15, 0.2) is 255 Å². The van der Waals surface area contributed by atoms with E-state index in [1.807, 2.05) is 0 Å². The van der Waals surface area contributed by atoms with Gasteiger partial charge in [-0.2, -0.15) is 0 Å². The van der Waals surface area contributed by atoms with Gasteiger partial charge in [0.15, 0.2) is 0 Å². The van der Waals surface area contributed by atoms with Crippen molar-refractivity contribution in [3.63, 3.8) is 0 Å². The third-order valence-electron chi connectivity index (χ3n) is 13.8. The monoisotopic (exact) mass is 826 g/mol. The van der Waals surface area contributed by atoms with Crippen LogP contribution in [0.3, 0.4) is 0 Å². The van der Waals surface area contributed by atoms with E-state index >= 15 is 0 Å². The fourth-order valence-electron chi connectivity index (χ4n) is 11.0. The third kappa shape index (κ3) is 5.74. The van der Waals surface area contributed by atoms with Crippen LogP contribution in [0.2, 0.25) is 0 Å². The van der Waals surface area contributed by atoms with Crippen LogP contribution in [-0.2, 0) is 5.41 Å². The predicted molar refractivity (Wildman–Crippen MR) is 272 cm³/mol. The molecule has 0 saturated heterocycles. The second-order valence-corrected chi connectivity index (χ2v) is 17.3. The fraction of sp³-hybridized carbons (Fsp3) is 0.0159. The van der Waals surface area contributed by atoms with E-state index in [2.05, 4.69) is 264 Å². The zero-order valence-corrected chi connectivity index (χ0v) is 35.6. The minimum atomic E-state index is -0.621. The van der Waals surface area contributed by atoms with E-state index in [4.69, 9.17) is 0 Å². The van der Waals surface area contributed by atoms with E-state index in [-0.39, 0.29) is 0 Å². The van der Waals surface area contributed by atoms with Gasteiger partial charge < -0.3 is 9.47 Å². The molecule has 0 saturated carbocycles. The van der Waals surface area contributed by atoms with Crippen LogP contribution in [0.1, 0.15) is 22.3 Å². The first-order chi connectivity index (χ1) is 32.2. The van der Waals surface area contributed by atoms with Gasteiger partial charge in [-0.3, -0.25) is 0 Å². The third-order valence-corrected chi connectivity index (χ3v) is 13.8. The first-order valence-corrected chi connectivity index (χ1v) is 22.5. The van der Waals surface area contributed by atoms with Gasteiger partial charge in [0.25, 0.3) is 0 Å². The topological polar surface area (TPSA) is 8.17 Å². The molecular weight excluding hydrogens is 785 g/mol. The Labute approximate surface area is 378 Å². The molecule has 2 heteroatoms. The molecule has 0 unspecified atom stereocenters. The second-order valence-electron chi connectivity index (χ2n) is 17.3. The number of hydrogen-bond donors (Lipinski definition) is 0. The van der Waals surface area contributed by atoms with Gasteiger partial charge in [0.2, 0.25) is 0 Å². The number of hydrogen-bond acceptors (Lipinski definition) is 1. The molecule has 0 bridgehead atoms. The van der Waals surface area contributed by atoms with Gasteiger partial charge in [-0.15, -0.1) is 0 Å². The van der Waals surface area contributed by atoms with Crippen molar-refractivity contribution in [1.82, 2.24) is 4.57 Å². The highest BCUT2D eigenvalue weighted by molar-refractivity contribution is 6.24. The van der Waals surface area contributed by atoms with E-state index in [0.29, 0.717) is 0 Å². The van der Waals surface area contributed by atoms with Crippen LogP contribution in [0.25, 0.3) is 71.6 Å². The second kappa shape index (κ2) is 14.8. The maximum absolute atomic E-state index is 2.49. The number of nitrogens with zero attached hydrogens (tertiary/aromatic N) is 2. The Morgan fingerprint density at radius 1 is 0.308 bits per heavy atom. The van der Waals surface area contributed by atoms with Gasteiger partial charge in [0.05, 0.1) is 16.4 Å². The van der Waals surface area contributed by atoms with Crippen LogP contribution in [0.4, 0.5) is 17.1 Å². The predicted octanol–water partition coefficient (Wildman–Crippen LogP) is 16.5. The van der Waals surface area contributed by atoms with E-state index in [0.717, 1.165) is 22.7 Å². The highest BCUT2D eigenvalue weighted by Gasteiger charge is 2.47. The molecule has 0 spiro atoms. The average Bonchev–Trinajstić information content (AvgIpc) is 3.88. The fourth-order valence-corrected chi connectivity index (χ4v) is 11.0. The standard InChI is InChI=1S/C63H42N2/c1-5-15-43(16-6-1)45-29-33-51(34-30-45)64(52-35-31-46(32-36-52)44-17-7-2-8-18-44)53-37-39-55-56-40-38-54(65-59-25-13-19-47-27-28-48-20-14-26-60(65)62(48)61(47)59)42-58(56)63(57(55)41-53,49-21-9-3-10-22-49)50-23-11-4-12-24-50/h1-42H. The van der Waals surface area contributed by atoms with Crippen LogP contribution in [0.5, 0.6) is 0 Å². The molecule has 0 amide bonds. The van der Waals surface area contributed by atoms with Crippen molar-refractivity contribution in [3.8, 4) is 39.1 Å². The van der Waals surface area contributed by atoms with Crippen molar-refractivity contribution < 1.29 is 0 Å². The van der Waals surface area contributed by atoms with Crippen LogP contribution in [0, 0.1) is 0 Å². The summed E-state index contributed by atoms with van der Waals surface area (Å²) in [5, 5.41) is 5.17. The summed E-state index contributed by atoms with van der Waals surface area (Å²) in [6, 6.07) is 93.9. The molecular formula is C63H42N2. The Morgan fingerprint density at radius 2 is 0.723 bits per heavy atom. The van der Waals surface area contributed by atoms with E-state index in [9.17, 15) is 0 Å². The maximum atomic E-state index is 2.49. The van der Waals surface area contributed by atoms with Crippen molar-refractivity contribution in [3.05, 3.63) is 277 Å². The first kappa shape index (κ1) is 37.1. The molecule has 12 aromatic rings. The summed E-state index contributed by atoms with van der Waals surface area (Å²) in [6.45, 7) is 0. The molecule has 1 heterocycles. The summed E-state index contributed by atoms with van der Waals surface area (Å²) < 4.78 is 2.49. The van der Waals surface area contributed by atoms with Gasteiger partial charge >= 0.3 is 0 Å². The Bertz CT molecular complexity index is 3480. The minimum Gasteiger partial charge on any atom is -0.310 e. The average molecular weight is 827 g/mol. The van der Waals surface area contributed by atoms with E-state index < -0.39 is 5.41 Å². The molecule has 13 rings (SSSR count). The van der Waals surface area contributed by atoms with Crippen LogP contribution >= 0.6 is 0 Å². The first-order valence-electron chi connectivity index (χ1n) is 22.5. The Balaban J connectivity index is 1.04. The summed E-state index contributed by atoms with van der Waals surface area (Å²) in [7, 11) is 0. The lowest BCUT2D eigenvalue weighted by Crippen LogP contribution is -2.29. The molecule has 1 aliphatic rings. The molecule has 0 N–H and O–H groups in total. The van der Waals surface area contributed by atoms with E-state index in [1.54, 1.807) is 0 Å². The maximum Gasteiger partial charge on any atom is 0.0715 e. The molecule has 1 aromatic heterocycles. The van der Waals surface area contributed by atoms with Crippen molar-refractivity contribution in [1.29, 1.82) is 0 Å². The smallest absolute Gasteiger partial charge is 0.0715 e. The summed E-state index contributed by atoms with van der Waals surface area (Å²) in [5.41, 5.74) is 18.6. The zero-order valence-electron chi connectivity index (χ0n) is 35.6. The summed E-state index contributed by atoms with van der Waals surface area (Å²) in [5.74, 6) is 0.